The average Bonchev–Trinajstić information content (AvgIpc) is 3.32. The van der Waals surface area contributed by atoms with Crippen molar-refractivity contribution in [3.05, 3.63) is 151 Å². The van der Waals surface area contributed by atoms with E-state index in [1.165, 1.54) is 43.8 Å². The fourth-order valence-electron chi connectivity index (χ4n) is 7.19. The van der Waals surface area contributed by atoms with Gasteiger partial charge in [0, 0.05) is 33.7 Å². The molecule has 3 heteroatoms. The van der Waals surface area contributed by atoms with Crippen LogP contribution in [0.25, 0.3) is 77.5 Å². The summed E-state index contributed by atoms with van der Waals surface area (Å²) in [5.74, 6) is 0.695. The third-order valence-electron chi connectivity index (χ3n) is 9.52. The predicted molar refractivity (Wildman–Crippen MR) is 186 cm³/mol. The number of hydrogen-bond donors (Lipinski definition) is 0. The first-order valence-electron chi connectivity index (χ1n) is 15.4. The Kier molecular flexibility index (Phi) is 5.54. The number of fused-ring (bicyclic) bond motifs is 7. The van der Waals surface area contributed by atoms with Crippen LogP contribution in [0.15, 0.2) is 140 Å². The molecule has 6 aromatic carbocycles. The summed E-state index contributed by atoms with van der Waals surface area (Å²) in [5, 5.41) is 6.04. The lowest BCUT2D eigenvalue weighted by molar-refractivity contribution is 0.661. The number of benzene rings is 6. The van der Waals surface area contributed by atoms with Crippen LogP contribution in [-0.4, -0.2) is 15.0 Å². The van der Waals surface area contributed by atoms with Gasteiger partial charge in [-0.2, -0.15) is 0 Å². The van der Waals surface area contributed by atoms with Crippen LogP contribution >= 0.6 is 0 Å². The molecule has 8 aromatic rings. The van der Waals surface area contributed by atoms with E-state index in [9.17, 15) is 0 Å². The molecule has 212 valence electrons. The molecule has 1 aliphatic carbocycles. The highest BCUT2D eigenvalue weighted by Gasteiger charge is 2.35. The molecule has 1 aliphatic rings. The Hall–Kier alpha value is -5.67. The van der Waals surface area contributed by atoms with Crippen LogP contribution in [0, 0.1) is 0 Å². The second kappa shape index (κ2) is 9.67. The van der Waals surface area contributed by atoms with Gasteiger partial charge in [-0.05, 0) is 80.2 Å². The van der Waals surface area contributed by atoms with Crippen molar-refractivity contribution in [3.8, 4) is 45.0 Å². The van der Waals surface area contributed by atoms with Gasteiger partial charge in [-0.15, -0.1) is 0 Å². The summed E-state index contributed by atoms with van der Waals surface area (Å²) in [7, 11) is 0. The Labute approximate surface area is 261 Å². The van der Waals surface area contributed by atoms with Gasteiger partial charge in [-0.1, -0.05) is 111 Å². The van der Waals surface area contributed by atoms with E-state index in [2.05, 4.69) is 128 Å². The van der Waals surface area contributed by atoms with Crippen LogP contribution in [0.4, 0.5) is 0 Å². The fraction of sp³-hybridized carbons (Fsp3) is 0.0714. The molecule has 45 heavy (non-hydrogen) atoms. The number of rotatable bonds is 3. The van der Waals surface area contributed by atoms with Crippen molar-refractivity contribution < 1.29 is 0 Å². The van der Waals surface area contributed by atoms with Crippen molar-refractivity contribution in [2.75, 3.05) is 0 Å². The van der Waals surface area contributed by atoms with E-state index >= 15 is 0 Å². The second-order valence-electron chi connectivity index (χ2n) is 12.5. The predicted octanol–water partition coefficient (Wildman–Crippen LogP) is 10.6. The zero-order valence-electron chi connectivity index (χ0n) is 25.1. The first-order chi connectivity index (χ1) is 22.0. The molecule has 0 amide bonds. The van der Waals surface area contributed by atoms with Gasteiger partial charge in [0.1, 0.15) is 0 Å². The van der Waals surface area contributed by atoms with Crippen LogP contribution in [-0.2, 0) is 5.41 Å². The number of pyridine rings is 1. The summed E-state index contributed by atoms with van der Waals surface area (Å²) in [6.07, 6.45) is 1.83. The number of nitrogens with zero attached hydrogens (tertiary/aromatic N) is 3. The summed E-state index contributed by atoms with van der Waals surface area (Å²) in [6.45, 7) is 4.69. The molecule has 0 saturated carbocycles. The van der Waals surface area contributed by atoms with E-state index in [1.807, 2.05) is 30.5 Å². The first kappa shape index (κ1) is 25.8. The highest BCUT2D eigenvalue weighted by molar-refractivity contribution is 6.10. The molecule has 0 fully saturated rings. The van der Waals surface area contributed by atoms with Gasteiger partial charge < -0.3 is 0 Å². The van der Waals surface area contributed by atoms with Crippen LogP contribution in [0.2, 0.25) is 0 Å². The van der Waals surface area contributed by atoms with Crippen LogP contribution < -0.4 is 0 Å². The molecule has 9 rings (SSSR count). The first-order valence-corrected chi connectivity index (χ1v) is 15.4. The third kappa shape index (κ3) is 4.01. The molecule has 3 nitrogen and oxygen atoms in total. The highest BCUT2D eigenvalue weighted by atomic mass is 14.9. The molecular formula is C42H29N3. The summed E-state index contributed by atoms with van der Waals surface area (Å²) in [4.78, 5) is 14.8. The number of hydrogen-bond acceptors (Lipinski definition) is 3. The van der Waals surface area contributed by atoms with E-state index in [0.29, 0.717) is 5.82 Å². The van der Waals surface area contributed by atoms with Gasteiger partial charge in [-0.25, -0.2) is 9.97 Å². The molecule has 0 unspecified atom stereocenters. The lowest BCUT2D eigenvalue weighted by Gasteiger charge is -2.22. The van der Waals surface area contributed by atoms with Gasteiger partial charge in [0.25, 0.3) is 0 Å². The van der Waals surface area contributed by atoms with Gasteiger partial charge in [0.2, 0.25) is 0 Å². The van der Waals surface area contributed by atoms with Crippen molar-refractivity contribution in [1.82, 2.24) is 15.0 Å². The molecular weight excluding hydrogens is 546 g/mol. The summed E-state index contributed by atoms with van der Waals surface area (Å²) in [6, 6.07) is 47.6. The van der Waals surface area contributed by atoms with Crippen molar-refractivity contribution in [1.29, 1.82) is 0 Å². The standard InChI is InChI=1S/C42H29N3/c1-42(2)36-15-7-6-12-31(36)35-23-28-18-17-27-22-29(19-20-30(27)34(28)24-37(35)42)40-25-39(26-10-4-3-5-11-26)44-41(45-40)33-13-8-16-38-32(33)14-9-21-43-38/h3-25H,1-2H3. The van der Waals surface area contributed by atoms with E-state index in [4.69, 9.17) is 9.97 Å². The van der Waals surface area contributed by atoms with Gasteiger partial charge in [0.15, 0.2) is 5.82 Å². The molecule has 2 heterocycles. The highest BCUT2D eigenvalue weighted by Crippen LogP contribution is 2.50. The largest absolute Gasteiger partial charge is 0.256 e. The van der Waals surface area contributed by atoms with Gasteiger partial charge in [0.05, 0.1) is 16.9 Å². The number of aromatic nitrogens is 3. The Bertz CT molecular complexity index is 2450. The third-order valence-corrected chi connectivity index (χ3v) is 9.52. The monoisotopic (exact) mass is 575 g/mol. The lowest BCUT2D eigenvalue weighted by atomic mass is 9.81. The second-order valence-corrected chi connectivity index (χ2v) is 12.5. The van der Waals surface area contributed by atoms with Crippen molar-refractivity contribution in [3.63, 3.8) is 0 Å². The van der Waals surface area contributed by atoms with E-state index in [0.717, 1.165) is 39.0 Å². The van der Waals surface area contributed by atoms with Crippen LogP contribution in [0.5, 0.6) is 0 Å². The van der Waals surface area contributed by atoms with Crippen molar-refractivity contribution in [2.24, 2.45) is 0 Å². The molecule has 0 bridgehead atoms. The summed E-state index contributed by atoms with van der Waals surface area (Å²) >= 11 is 0. The zero-order chi connectivity index (χ0) is 30.1. The molecule has 0 spiro atoms. The Balaban J connectivity index is 1.23. The molecule has 0 N–H and O–H groups in total. The van der Waals surface area contributed by atoms with Gasteiger partial charge in [-0.3, -0.25) is 4.98 Å². The van der Waals surface area contributed by atoms with Crippen LogP contribution in [0.3, 0.4) is 0 Å². The minimum Gasteiger partial charge on any atom is -0.256 e. The summed E-state index contributed by atoms with van der Waals surface area (Å²) in [5.41, 5.74) is 11.3. The molecule has 0 saturated heterocycles. The van der Waals surface area contributed by atoms with Crippen molar-refractivity contribution in [2.45, 2.75) is 19.3 Å². The average molecular weight is 576 g/mol. The molecule has 0 radical (unpaired) electrons. The SMILES string of the molecule is CC1(C)c2ccccc2-c2cc3ccc4cc(-c5cc(-c6ccccc6)nc(-c6cccc7ncccc67)n5)ccc4c3cc21. The summed E-state index contributed by atoms with van der Waals surface area (Å²) < 4.78 is 0. The maximum atomic E-state index is 5.17. The topological polar surface area (TPSA) is 38.7 Å². The fourth-order valence-corrected chi connectivity index (χ4v) is 7.19. The van der Waals surface area contributed by atoms with E-state index in [-0.39, 0.29) is 5.41 Å². The smallest absolute Gasteiger partial charge is 0.161 e. The quantitative estimate of drug-likeness (QED) is 0.197. The van der Waals surface area contributed by atoms with Gasteiger partial charge >= 0.3 is 0 Å². The Morgan fingerprint density at radius 1 is 0.467 bits per heavy atom. The Morgan fingerprint density at radius 2 is 1.22 bits per heavy atom. The molecule has 0 aliphatic heterocycles. The maximum Gasteiger partial charge on any atom is 0.161 e. The minimum atomic E-state index is -0.0372. The Morgan fingerprint density at radius 3 is 2.09 bits per heavy atom. The van der Waals surface area contributed by atoms with Crippen molar-refractivity contribution >= 4 is 32.4 Å². The zero-order valence-corrected chi connectivity index (χ0v) is 25.1. The van der Waals surface area contributed by atoms with Crippen LogP contribution in [0.1, 0.15) is 25.0 Å². The van der Waals surface area contributed by atoms with E-state index in [1.54, 1.807) is 0 Å². The minimum absolute atomic E-state index is 0.0372. The maximum absolute atomic E-state index is 5.17. The molecule has 0 atom stereocenters. The lowest BCUT2D eigenvalue weighted by Crippen LogP contribution is -2.14. The normalized spacial score (nSPS) is 13.3. The molecule has 2 aromatic heterocycles. The van der Waals surface area contributed by atoms with E-state index < -0.39 is 0 Å².